The van der Waals surface area contributed by atoms with Crippen LogP contribution in [0.25, 0.3) is 0 Å². The van der Waals surface area contributed by atoms with E-state index in [0.717, 1.165) is 31.3 Å². The van der Waals surface area contributed by atoms with Crippen molar-refractivity contribution < 1.29 is 9.52 Å². The topological polar surface area (TPSA) is 36.6 Å². The zero-order valence-electron chi connectivity index (χ0n) is 8.15. The molecule has 0 spiro atoms. The SMILES string of the molecule is OC1(c2ccco2)CCN(C2CC2)C1. The molecule has 14 heavy (non-hydrogen) atoms. The molecule has 2 fully saturated rings. The van der Waals surface area contributed by atoms with E-state index < -0.39 is 5.60 Å². The van der Waals surface area contributed by atoms with E-state index >= 15 is 0 Å². The summed E-state index contributed by atoms with van der Waals surface area (Å²) >= 11 is 0. The van der Waals surface area contributed by atoms with E-state index in [0.29, 0.717) is 0 Å². The first-order valence-electron chi connectivity index (χ1n) is 5.28. The average Bonchev–Trinajstić information content (AvgIpc) is 2.74. The van der Waals surface area contributed by atoms with Crippen LogP contribution in [0.1, 0.15) is 25.0 Å². The van der Waals surface area contributed by atoms with Gasteiger partial charge in [-0.15, -0.1) is 0 Å². The molecule has 1 atom stereocenters. The Morgan fingerprint density at radius 3 is 3.00 bits per heavy atom. The van der Waals surface area contributed by atoms with Crippen molar-refractivity contribution in [3.8, 4) is 0 Å². The number of aliphatic hydroxyl groups is 1. The molecule has 1 aliphatic heterocycles. The number of β-amino-alcohol motifs (C(OH)–C–C–N with tert-alkyl or cyclic N) is 1. The molecule has 0 radical (unpaired) electrons. The first kappa shape index (κ1) is 8.50. The average molecular weight is 193 g/mol. The molecule has 3 rings (SSSR count). The summed E-state index contributed by atoms with van der Waals surface area (Å²) in [4.78, 5) is 2.38. The third-order valence-electron chi connectivity index (χ3n) is 3.32. The highest BCUT2D eigenvalue weighted by molar-refractivity contribution is 5.13. The van der Waals surface area contributed by atoms with Crippen molar-refractivity contribution in [2.24, 2.45) is 0 Å². The molecule has 0 aromatic carbocycles. The van der Waals surface area contributed by atoms with Gasteiger partial charge in [0.2, 0.25) is 0 Å². The van der Waals surface area contributed by atoms with Crippen molar-refractivity contribution >= 4 is 0 Å². The van der Waals surface area contributed by atoms with Gasteiger partial charge in [-0.25, -0.2) is 0 Å². The van der Waals surface area contributed by atoms with Gasteiger partial charge in [-0.2, -0.15) is 0 Å². The second-order valence-electron chi connectivity index (χ2n) is 4.46. The molecule has 1 saturated heterocycles. The Bertz CT molecular complexity index is 318. The first-order chi connectivity index (χ1) is 6.78. The van der Waals surface area contributed by atoms with Crippen molar-refractivity contribution in [3.05, 3.63) is 24.2 Å². The van der Waals surface area contributed by atoms with Gasteiger partial charge in [0, 0.05) is 19.1 Å². The van der Waals surface area contributed by atoms with Crippen LogP contribution in [0.2, 0.25) is 0 Å². The fraction of sp³-hybridized carbons (Fsp3) is 0.636. The van der Waals surface area contributed by atoms with Crippen LogP contribution in [0.5, 0.6) is 0 Å². The van der Waals surface area contributed by atoms with E-state index in [1.165, 1.54) is 12.8 Å². The monoisotopic (exact) mass is 193 g/mol. The summed E-state index contributed by atoms with van der Waals surface area (Å²) in [5, 5.41) is 10.4. The molecular weight excluding hydrogens is 178 g/mol. The smallest absolute Gasteiger partial charge is 0.136 e. The number of likely N-dealkylation sites (tertiary alicyclic amines) is 1. The molecule has 1 unspecified atom stereocenters. The highest BCUT2D eigenvalue weighted by Crippen LogP contribution is 2.38. The van der Waals surface area contributed by atoms with Gasteiger partial charge in [0.1, 0.15) is 11.4 Å². The molecule has 1 aromatic rings. The third kappa shape index (κ3) is 1.28. The van der Waals surface area contributed by atoms with Gasteiger partial charge in [-0.05, 0) is 31.4 Å². The number of hydrogen-bond acceptors (Lipinski definition) is 3. The van der Waals surface area contributed by atoms with Gasteiger partial charge in [0.25, 0.3) is 0 Å². The normalized spacial score (nSPS) is 33.8. The van der Waals surface area contributed by atoms with E-state index in [2.05, 4.69) is 4.90 Å². The lowest BCUT2D eigenvalue weighted by Gasteiger charge is -2.20. The summed E-state index contributed by atoms with van der Waals surface area (Å²) in [6.07, 6.45) is 5.03. The fourth-order valence-corrected chi connectivity index (χ4v) is 2.32. The molecule has 2 aliphatic rings. The summed E-state index contributed by atoms with van der Waals surface area (Å²) in [5.41, 5.74) is -0.730. The third-order valence-corrected chi connectivity index (χ3v) is 3.32. The largest absolute Gasteiger partial charge is 0.466 e. The molecule has 1 N–H and O–H groups in total. The maximum absolute atomic E-state index is 10.4. The number of hydrogen-bond donors (Lipinski definition) is 1. The highest BCUT2D eigenvalue weighted by atomic mass is 16.4. The number of rotatable bonds is 2. The van der Waals surface area contributed by atoms with E-state index in [9.17, 15) is 5.11 Å². The lowest BCUT2D eigenvalue weighted by atomic mass is 10.0. The van der Waals surface area contributed by atoms with Gasteiger partial charge in [0.15, 0.2) is 0 Å². The number of nitrogens with zero attached hydrogens (tertiary/aromatic N) is 1. The lowest BCUT2D eigenvalue weighted by Crippen LogP contribution is -2.31. The Kier molecular flexibility index (Phi) is 1.73. The van der Waals surface area contributed by atoms with E-state index in [1.807, 2.05) is 12.1 Å². The zero-order valence-corrected chi connectivity index (χ0v) is 8.15. The lowest BCUT2D eigenvalue weighted by molar-refractivity contribution is 0.0235. The van der Waals surface area contributed by atoms with Crippen molar-refractivity contribution in [2.45, 2.75) is 30.9 Å². The van der Waals surface area contributed by atoms with Crippen LogP contribution in [-0.4, -0.2) is 29.1 Å². The van der Waals surface area contributed by atoms with Gasteiger partial charge in [-0.3, -0.25) is 4.90 Å². The van der Waals surface area contributed by atoms with Gasteiger partial charge in [-0.1, -0.05) is 0 Å². The summed E-state index contributed by atoms with van der Waals surface area (Å²) in [6.45, 7) is 1.74. The predicted octanol–water partition coefficient (Wildman–Crippen LogP) is 1.34. The van der Waals surface area contributed by atoms with Gasteiger partial charge in [0.05, 0.1) is 6.26 Å². The highest BCUT2D eigenvalue weighted by Gasteiger charge is 2.44. The molecule has 1 saturated carbocycles. The molecule has 1 aromatic heterocycles. The molecular formula is C11H15NO2. The minimum absolute atomic E-state index is 0.723. The minimum Gasteiger partial charge on any atom is -0.466 e. The molecule has 2 heterocycles. The van der Waals surface area contributed by atoms with E-state index in [4.69, 9.17) is 4.42 Å². The number of furan rings is 1. The second kappa shape index (κ2) is 2.84. The standard InChI is InChI=1S/C11H15NO2/c13-11(10-2-1-7-14-10)5-6-12(8-11)9-3-4-9/h1-2,7,9,13H,3-6,8H2. The zero-order chi connectivity index (χ0) is 9.60. The fourth-order valence-electron chi connectivity index (χ4n) is 2.32. The van der Waals surface area contributed by atoms with Crippen LogP contribution in [-0.2, 0) is 5.60 Å². The van der Waals surface area contributed by atoms with Crippen LogP contribution in [0.15, 0.2) is 22.8 Å². The van der Waals surface area contributed by atoms with Crippen LogP contribution < -0.4 is 0 Å². The molecule has 3 nitrogen and oxygen atoms in total. The second-order valence-corrected chi connectivity index (χ2v) is 4.46. The van der Waals surface area contributed by atoms with E-state index in [-0.39, 0.29) is 0 Å². The van der Waals surface area contributed by atoms with E-state index in [1.54, 1.807) is 6.26 Å². The first-order valence-corrected chi connectivity index (χ1v) is 5.28. The van der Waals surface area contributed by atoms with Crippen molar-refractivity contribution in [3.63, 3.8) is 0 Å². The van der Waals surface area contributed by atoms with Gasteiger partial charge < -0.3 is 9.52 Å². The summed E-state index contributed by atoms with van der Waals surface area (Å²) in [5.74, 6) is 0.723. The van der Waals surface area contributed by atoms with Gasteiger partial charge >= 0.3 is 0 Å². The summed E-state index contributed by atoms with van der Waals surface area (Å²) in [7, 11) is 0. The predicted molar refractivity (Wildman–Crippen MR) is 51.8 cm³/mol. The maximum atomic E-state index is 10.4. The van der Waals surface area contributed by atoms with Crippen LogP contribution in [0, 0.1) is 0 Å². The van der Waals surface area contributed by atoms with Crippen LogP contribution in [0.3, 0.4) is 0 Å². The Morgan fingerprint density at radius 1 is 1.50 bits per heavy atom. The Labute approximate surface area is 83.3 Å². The molecule has 0 amide bonds. The summed E-state index contributed by atoms with van der Waals surface area (Å²) < 4.78 is 5.29. The molecule has 0 bridgehead atoms. The minimum atomic E-state index is -0.730. The molecule has 1 aliphatic carbocycles. The summed E-state index contributed by atoms with van der Waals surface area (Å²) in [6, 6.07) is 4.45. The quantitative estimate of drug-likeness (QED) is 0.770. The van der Waals surface area contributed by atoms with Crippen molar-refractivity contribution in [2.75, 3.05) is 13.1 Å². The van der Waals surface area contributed by atoms with Crippen LogP contribution in [0.4, 0.5) is 0 Å². The van der Waals surface area contributed by atoms with Crippen molar-refractivity contribution in [1.82, 2.24) is 4.90 Å². The van der Waals surface area contributed by atoms with Crippen LogP contribution >= 0.6 is 0 Å². The Morgan fingerprint density at radius 2 is 2.36 bits per heavy atom. The molecule has 3 heteroatoms. The molecule has 76 valence electrons. The maximum Gasteiger partial charge on any atom is 0.136 e. The Balaban J connectivity index is 1.78. The van der Waals surface area contributed by atoms with Crippen molar-refractivity contribution in [1.29, 1.82) is 0 Å². The Hall–Kier alpha value is -0.800.